The summed E-state index contributed by atoms with van der Waals surface area (Å²) in [4.78, 5) is 0. The van der Waals surface area contributed by atoms with Gasteiger partial charge in [0, 0.05) is 0 Å². The summed E-state index contributed by atoms with van der Waals surface area (Å²) in [5.74, 6) is 0. The summed E-state index contributed by atoms with van der Waals surface area (Å²) in [5.41, 5.74) is 10.2. The predicted octanol–water partition coefficient (Wildman–Crippen LogP) is 3.19. The zero-order valence-electron chi connectivity index (χ0n) is 20.0. The van der Waals surface area contributed by atoms with Crippen molar-refractivity contribution in [3.63, 3.8) is 0 Å². The van der Waals surface area contributed by atoms with E-state index >= 15 is 0 Å². The van der Waals surface area contributed by atoms with Crippen molar-refractivity contribution in [1.82, 2.24) is 0 Å². The first-order valence-corrected chi connectivity index (χ1v) is 18.6. The van der Waals surface area contributed by atoms with Crippen LogP contribution in [-0.4, -0.2) is 0 Å². The van der Waals surface area contributed by atoms with E-state index in [1.165, 1.54) is 51.4 Å². The van der Waals surface area contributed by atoms with Crippen LogP contribution in [0.5, 0.6) is 0 Å². The second-order valence-electron chi connectivity index (χ2n) is 10.6. The minimum absolute atomic E-state index is 0. The molecule has 0 amide bonds. The fourth-order valence-electron chi connectivity index (χ4n) is 8.21. The molecular weight excluding hydrogens is 522 g/mol. The molecule has 0 nitrogen and oxygen atoms in total. The first-order chi connectivity index (χ1) is 15.3. The number of halogens is 2. The molecule has 0 spiro atoms. The van der Waals surface area contributed by atoms with Crippen molar-refractivity contribution in [3.8, 4) is 0 Å². The second-order valence-corrected chi connectivity index (χ2v) is 22.0. The number of hydrogen-bond donors (Lipinski definition) is 0. The van der Waals surface area contributed by atoms with Crippen molar-refractivity contribution in [1.29, 1.82) is 0 Å². The molecule has 3 heteroatoms. The molecule has 2 aromatic rings. The van der Waals surface area contributed by atoms with Crippen LogP contribution >= 0.6 is 0 Å². The molecule has 0 N–H and O–H groups in total. The first-order valence-electron chi connectivity index (χ1n) is 12.9. The van der Waals surface area contributed by atoms with Crippen LogP contribution in [0.2, 0.25) is 7.25 Å². The Labute approximate surface area is 217 Å². The van der Waals surface area contributed by atoms with Crippen LogP contribution in [0.1, 0.15) is 94.7 Å². The average molecular weight is 559 g/mol. The van der Waals surface area contributed by atoms with Crippen molar-refractivity contribution in [2.24, 2.45) is 0 Å². The van der Waals surface area contributed by atoms with E-state index in [0.717, 1.165) is 14.5 Å². The van der Waals surface area contributed by atoms with Gasteiger partial charge in [0.2, 0.25) is 0 Å². The Balaban J connectivity index is 0.00000130. The van der Waals surface area contributed by atoms with E-state index in [2.05, 4.69) is 74.5 Å². The van der Waals surface area contributed by atoms with Gasteiger partial charge in [-0.05, 0) is 0 Å². The van der Waals surface area contributed by atoms with Gasteiger partial charge in [-0.2, -0.15) is 0 Å². The molecule has 0 radical (unpaired) electrons. The van der Waals surface area contributed by atoms with Gasteiger partial charge in [0.1, 0.15) is 0 Å². The minimum Gasteiger partial charge on any atom is -1.00 e. The molecule has 4 aliphatic rings. The Morgan fingerprint density at radius 1 is 0.667 bits per heavy atom. The maximum absolute atomic E-state index is 2.66. The van der Waals surface area contributed by atoms with Crippen LogP contribution in [0, 0.1) is 0 Å². The summed E-state index contributed by atoms with van der Waals surface area (Å²) in [6.45, 7) is 4.77. The van der Waals surface area contributed by atoms with Crippen molar-refractivity contribution in [2.45, 2.75) is 79.7 Å². The van der Waals surface area contributed by atoms with Crippen LogP contribution in [0.25, 0.3) is 12.2 Å². The van der Waals surface area contributed by atoms with Crippen molar-refractivity contribution < 1.29 is 45.1 Å². The number of fused-ring (bicyclic) bond motifs is 3. The fraction of sp³-hybridized carbons (Fsp3) is 0.467. The quantitative estimate of drug-likeness (QED) is 0.511. The van der Waals surface area contributed by atoms with Crippen LogP contribution in [0.15, 0.2) is 59.7 Å². The van der Waals surface area contributed by atoms with E-state index in [0.29, 0.717) is 0 Å². The van der Waals surface area contributed by atoms with Gasteiger partial charge in [0.15, 0.2) is 0 Å². The van der Waals surface area contributed by atoms with Crippen LogP contribution in [-0.2, 0) is 20.3 Å². The normalized spacial score (nSPS) is 28.8. The van der Waals surface area contributed by atoms with E-state index in [9.17, 15) is 0 Å². The smallest absolute Gasteiger partial charge is 1.00 e. The zero-order valence-corrected chi connectivity index (χ0v) is 24.0. The number of rotatable bonds is 6. The van der Waals surface area contributed by atoms with Crippen molar-refractivity contribution in [2.75, 3.05) is 0 Å². The number of hydrogen-bond acceptors (Lipinski definition) is 0. The second kappa shape index (κ2) is 10.2. The monoisotopic (exact) mass is 556 g/mol. The van der Waals surface area contributed by atoms with Gasteiger partial charge in [-0.15, -0.1) is 0 Å². The summed E-state index contributed by atoms with van der Waals surface area (Å²) in [7, 11) is 0. The summed E-state index contributed by atoms with van der Waals surface area (Å²) in [5, 5.41) is 0. The van der Waals surface area contributed by atoms with E-state index in [4.69, 9.17) is 0 Å². The Hall–Kier alpha value is -0.617. The summed E-state index contributed by atoms with van der Waals surface area (Å²) < 4.78 is 3.87. The summed E-state index contributed by atoms with van der Waals surface area (Å²) in [6, 6.07) is 19.0. The molecule has 33 heavy (non-hydrogen) atoms. The molecule has 4 unspecified atom stereocenters. The molecule has 174 valence electrons. The van der Waals surface area contributed by atoms with Gasteiger partial charge in [-0.25, -0.2) is 0 Å². The number of benzene rings is 2. The van der Waals surface area contributed by atoms with Gasteiger partial charge in [-0.3, -0.25) is 0 Å². The summed E-state index contributed by atoms with van der Waals surface area (Å²) >= 11 is -2.66. The van der Waals surface area contributed by atoms with Gasteiger partial charge < -0.3 is 24.8 Å². The summed E-state index contributed by atoms with van der Waals surface area (Å²) in [6.07, 6.45) is 16.5. The van der Waals surface area contributed by atoms with Gasteiger partial charge in [0.05, 0.1) is 0 Å². The molecule has 2 fully saturated rings. The molecule has 1 aliphatic heterocycles. The molecule has 0 bridgehead atoms. The molecule has 0 aromatic heterocycles. The standard InChI is InChI=1S/2C12H13.C6H10.2ClH.Zr/c2*1-2-5-10-8-11-6-3-4-7-12(11)9-10;1-2-4-6-5-3-1;;;/h2*3-4,6-9H,2,5H2,1H3;1-2H,3-6H2;2*1H;/q;;;;;+2/p-2. The maximum Gasteiger partial charge on any atom is -1.00 e. The molecular formula is C30H36Cl2Zr. The molecule has 1 heterocycles. The Bertz CT molecular complexity index is 983. The molecule has 3 aliphatic carbocycles. The molecule has 1 saturated heterocycles. The minimum atomic E-state index is -2.66. The van der Waals surface area contributed by atoms with Crippen molar-refractivity contribution in [3.05, 3.63) is 81.9 Å². The van der Waals surface area contributed by atoms with Gasteiger partial charge in [0.25, 0.3) is 0 Å². The largest absolute Gasteiger partial charge is 1.00 e. The third-order valence-electron chi connectivity index (χ3n) is 9.06. The maximum atomic E-state index is 2.64. The van der Waals surface area contributed by atoms with Crippen LogP contribution in [0.4, 0.5) is 0 Å². The van der Waals surface area contributed by atoms with Gasteiger partial charge >= 0.3 is 194 Å². The van der Waals surface area contributed by atoms with Gasteiger partial charge in [-0.1, -0.05) is 0 Å². The average Bonchev–Trinajstić information content (AvgIpc) is 3.10. The van der Waals surface area contributed by atoms with E-state index < -0.39 is 20.3 Å². The molecule has 1 saturated carbocycles. The third kappa shape index (κ3) is 3.81. The molecule has 4 atom stereocenters. The van der Waals surface area contributed by atoms with Crippen LogP contribution < -0.4 is 24.8 Å². The first kappa shape index (κ1) is 25.5. The Kier molecular flexibility index (Phi) is 7.85. The fourth-order valence-corrected chi connectivity index (χ4v) is 31.4. The number of allylic oxidation sites excluding steroid dienone is 2. The van der Waals surface area contributed by atoms with E-state index in [1.54, 1.807) is 22.3 Å². The van der Waals surface area contributed by atoms with Crippen LogP contribution in [0.3, 0.4) is 0 Å². The molecule has 2 aromatic carbocycles. The zero-order chi connectivity index (χ0) is 21.0. The van der Waals surface area contributed by atoms with E-state index in [-0.39, 0.29) is 24.8 Å². The molecule has 6 rings (SSSR count). The third-order valence-corrected chi connectivity index (χ3v) is 26.1. The topological polar surface area (TPSA) is 0 Å². The Morgan fingerprint density at radius 2 is 1.09 bits per heavy atom. The SMILES string of the molecule is CCCC1=Cc2ccccc2[CH]1[Zr+2]1([CH]2C(CCC)=Cc3ccccc32)[CH]2CCCC[CH]21.[Cl-].[Cl-]. The predicted molar refractivity (Wildman–Crippen MR) is 130 cm³/mol. The Morgan fingerprint density at radius 3 is 1.52 bits per heavy atom. The van der Waals surface area contributed by atoms with Crippen molar-refractivity contribution >= 4 is 12.2 Å². The van der Waals surface area contributed by atoms with E-state index in [1.807, 2.05) is 11.1 Å².